The Bertz CT molecular complexity index is 998. The number of anilines is 2. The zero-order chi connectivity index (χ0) is 18.8. The standard InChI is InChI=1S/C20H20FN5/c1-11(12(2)22)14-9-19-15(8-16(14)21)20(17(23)10-25-19)26-13(3)18-6-4-5-7-24-18/h4-10,13,22H,1,23H2,2-3H3,(H,25,26)/t13-/m1/s1. The third-order valence-corrected chi connectivity index (χ3v) is 4.26. The number of fused-ring (bicyclic) bond motifs is 1. The van der Waals surface area contributed by atoms with Gasteiger partial charge in [-0.1, -0.05) is 12.6 Å². The van der Waals surface area contributed by atoms with Gasteiger partial charge in [-0.25, -0.2) is 4.39 Å². The van der Waals surface area contributed by atoms with Gasteiger partial charge in [0.2, 0.25) is 0 Å². The molecule has 0 fully saturated rings. The van der Waals surface area contributed by atoms with Gasteiger partial charge in [-0.05, 0) is 43.7 Å². The summed E-state index contributed by atoms with van der Waals surface area (Å²) in [7, 11) is 0. The van der Waals surface area contributed by atoms with E-state index in [1.54, 1.807) is 19.2 Å². The SMILES string of the molecule is C=C(C(C)=N)c1cc2ncc(N)c(N[C@H](C)c3ccccn3)c2cc1F. The summed E-state index contributed by atoms with van der Waals surface area (Å²) in [6, 6.07) is 8.53. The van der Waals surface area contributed by atoms with Gasteiger partial charge in [0.25, 0.3) is 0 Å². The third-order valence-electron chi connectivity index (χ3n) is 4.26. The highest BCUT2D eigenvalue weighted by Gasteiger charge is 2.16. The van der Waals surface area contributed by atoms with Gasteiger partial charge in [0.15, 0.2) is 0 Å². The first-order chi connectivity index (χ1) is 12.4. The topological polar surface area (TPSA) is 87.7 Å². The molecule has 6 heteroatoms. The number of pyridine rings is 2. The second kappa shape index (κ2) is 6.92. The maximum Gasteiger partial charge on any atom is 0.131 e. The Labute approximate surface area is 151 Å². The molecule has 2 heterocycles. The average molecular weight is 349 g/mol. The number of nitrogen functional groups attached to an aromatic ring is 1. The number of nitrogens with two attached hydrogens (primary N) is 1. The minimum atomic E-state index is -0.463. The number of nitrogens with one attached hydrogen (secondary N) is 2. The van der Waals surface area contributed by atoms with Crippen molar-refractivity contribution in [1.29, 1.82) is 5.41 Å². The van der Waals surface area contributed by atoms with Crippen molar-refractivity contribution >= 4 is 33.6 Å². The van der Waals surface area contributed by atoms with Crippen LogP contribution in [0.3, 0.4) is 0 Å². The molecular formula is C20H20FN5. The lowest BCUT2D eigenvalue weighted by molar-refractivity contribution is 0.626. The zero-order valence-corrected chi connectivity index (χ0v) is 14.7. The molecule has 0 unspecified atom stereocenters. The Balaban J connectivity index is 2.08. The fraction of sp³-hybridized carbons (Fsp3) is 0.150. The molecule has 2 aromatic heterocycles. The van der Waals surface area contributed by atoms with Crippen LogP contribution in [-0.4, -0.2) is 15.7 Å². The Morgan fingerprint density at radius 3 is 2.73 bits per heavy atom. The Hall–Kier alpha value is -3.28. The number of benzene rings is 1. The van der Waals surface area contributed by atoms with Crippen molar-refractivity contribution in [2.75, 3.05) is 11.1 Å². The molecule has 0 amide bonds. The lowest BCUT2D eigenvalue weighted by Gasteiger charge is -2.18. The van der Waals surface area contributed by atoms with Gasteiger partial charge in [-0.15, -0.1) is 0 Å². The summed E-state index contributed by atoms with van der Waals surface area (Å²) in [6.45, 7) is 7.31. The van der Waals surface area contributed by atoms with Crippen LogP contribution in [0.25, 0.3) is 16.5 Å². The van der Waals surface area contributed by atoms with Gasteiger partial charge in [0, 0.05) is 22.9 Å². The van der Waals surface area contributed by atoms with E-state index in [-0.39, 0.29) is 17.3 Å². The van der Waals surface area contributed by atoms with E-state index < -0.39 is 5.82 Å². The maximum absolute atomic E-state index is 14.6. The van der Waals surface area contributed by atoms with Crippen molar-refractivity contribution < 1.29 is 4.39 Å². The summed E-state index contributed by atoms with van der Waals surface area (Å²) < 4.78 is 14.6. The zero-order valence-electron chi connectivity index (χ0n) is 14.7. The summed E-state index contributed by atoms with van der Waals surface area (Å²) >= 11 is 0. The first kappa shape index (κ1) is 17.5. The van der Waals surface area contributed by atoms with Gasteiger partial charge in [0.1, 0.15) is 5.82 Å². The number of hydrogen-bond donors (Lipinski definition) is 3. The van der Waals surface area contributed by atoms with E-state index in [4.69, 9.17) is 11.1 Å². The van der Waals surface area contributed by atoms with Crippen LogP contribution < -0.4 is 11.1 Å². The molecule has 1 atom stereocenters. The highest BCUT2D eigenvalue weighted by molar-refractivity contribution is 6.21. The van der Waals surface area contributed by atoms with Crippen molar-refractivity contribution in [3.05, 3.63) is 66.4 Å². The predicted octanol–water partition coefficient (Wildman–Crippen LogP) is 4.58. The molecule has 0 aliphatic heterocycles. The molecule has 4 N–H and O–H groups in total. The molecule has 1 aromatic carbocycles. The van der Waals surface area contributed by atoms with E-state index in [2.05, 4.69) is 21.9 Å². The highest BCUT2D eigenvalue weighted by Crippen LogP contribution is 2.33. The average Bonchev–Trinajstić information content (AvgIpc) is 2.63. The van der Waals surface area contributed by atoms with Crippen molar-refractivity contribution in [1.82, 2.24) is 9.97 Å². The molecule has 132 valence electrons. The second-order valence-corrected chi connectivity index (χ2v) is 6.16. The van der Waals surface area contributed by atoms with Gasteiger partial charge in [0.05, 0.1) is 34.8 Å². The van der Waals surface area contributed by atoms with Gasteiger partial charge in [-0.2, -0.15) is 0 Å². The second-order valence-electron chi connectivity index (χ2n) is 6.16. The van der Waals surface area contributed by atoms with Crippen LogP contribution in [0.2, 0.25) is 0 Å². The minimum Gasteiger partial charge on any atom is -0.396 e. The molecule has 0 aliphatic carbocycles. The smallest absolute Gasteiger partial charge is 0.131 e. The van der Waals surface area contributed by atoms with Crippen molar-refractivity contribution in [3.63, 3.8) is 0 Å². The van der Waals surface area contributed by atoms with E-state index in [1.165, 1.54) is 12.3 Å². The number of rotatable bonds is 5. The van der Waals surface area contributed by atoms with Crippen molar-refractivity contribution in [3.8, 4) is 0 Å². The molecular weight excluding hydrogens is 329 g/mol. The summed E-state index contributed by atoms with van der Waals surface area (Å²) in [5, 5.41) is 11.6. The normalized spacial score (nSPS) is 12.0. The first-order valence-corrected chi connectivity index (χ1v) is 8.18. The molecule has 3 aromatic rings. The molecule has 0 saturated heterocycles. The molecule has 0 spiro atoms. The molecule has 0 bridgehead atoms. The number of halogens is 1. The predicted molar refractivity (Wildman–Crippen MR) is 105 cm³/mol. The van der Waals surface area contributed by atoms with Crippen LogP contribution in [0, 0.1) is 11.2 Å². The third kappa shape index (κ3) is 3.26. The molecule has 0 aliphatic rings. The number of aromatic nitrogens is 2. The largest absolute Gasteiger partial charge is 0.396 e. The van der Waals surface area contributed by atoms with Crippen LogP contribution in [-0.2, 0) is 0 Å². The number of nitrogens with zero attached hydrogens (tertiary/aromatic N) is 2. The van der Waals surface area contributed by atoms with Gasteiger partial charge >= 0.3 is 0 Å². The summed E-state index contributed by atoms with van der Waals surface area (Å²) in [5.41, 5.74) is 9.36. The van der Waals surface area contributed by atoms with Crippen LogP contribution in [0.1, 0.15) is 31.1 Å². The number of allylic oxidation sites excluding steroid dienone is 1. The van der Waals surface area contributed by atoms with Gasteiger partial charge < -0.3 is 16.5 Å². The van der Waals surface area contributed by atoms with Crippen LogP contribution >= 0.6 is 0 Å². The monoisotopic (exact) mass is 349 g/mol. The Morgan fingerprint density at radius 2 is 2.08 bits per heavy atom. The molecule has 0 radical (unpaired) electrons. The van der Waals surface area contributed by atoms with E-state index in [0.717, 1.165) is 5.69 Å². The van der Waals surface area contributed by atoms with E-state index in [1.807, 2.05) is 25.1 Å². The lowest BCUT2D eigenvalue weighted by atomic mass is 10.00. The Kier molecular flexibility index (Phi) is 4.67. The fourth-order valence-corrected chi connectivity index (χ4v) is 2.74. The lowest BCUT2D eigenvalue weighted by Crippen LogP contribution is -2.11. The minimum absolute atomic E-state index is 0.120. The van der Waals surface area contributed by atoms with E-state index in [9.17, 15) is 4.39 Å². The summed E-state index contributed by atoms with van der Waals surface area (Å²) in [4.78, 5) is 8.64. The maximum atomic E-state index is 14.6. The first-order valence-electron chi connectivity index (χ1n) is 8.18. The van der Waals surface area contributed by atoms with Crippen LogP contribution in [0.4, 0.5) is 15.8 Å². The summed E-state index contributed by atoms with van der Waals surface area (Å²) in [6.07, 6.45) is 3.26. The molecule has 0 saturated carbocycles. The van der Waals surface area contributed by atoms with E-state index >= 15 is 0 Å². The fourth-order valence-electron chi connectivity index (χ4n) is 2.74. The molecule has 5 nitrogen and oxygen atoms in total. The van der Waals surface area contributed by atoms with Crippen molar-refractivity contribution in [2.45, 2.75) is 19.9 Å². The van der Waals surface area contributed by atoms with E-state index in [0.29, 0.717) is 27.9 Å². The van der Waals surface area contributed by atoms with Gasteiger partial charge in [-0.3, -0.25) is 9.97 Å². The van der Waals surface area contributed by atoms with Crippen LogP contribution in [0.5, 0.6) is 0 Å². The van der Waals surface area contributed by atoms with Crippen molar-refractivity contribution in [2.24, 2.45) is 0 Å². The quantitative estimate of drug-likeness (QED) is 0.589. The highest BCUT2D eigenvalue weighted by atomic mass is 19.1. The molecule has 26 heavy (non-hydrogen) atoms. The van der Waals surface area contributed by atoms with Crippen LogP contribution in [0.15, 0.2) is 49.3 Å². The Morgan fingerprint density at radius 1 is 1.31 bits per heavy atom. The number of hydrogen-bond acceptors (Lipinski definition) is 5. The molecule has 3 rings (SSSR count). The summed E-state index contributed by atoms with van der Waals surface area (Å²) in [5.74, 6) is -0.463.